The first-order valence-corrected chi connectivity index (χ1v) is 8.80. The number of thiophene rings is 1. The predicted molar refractivity (Wildman–Crippen MR) is 95.6 cm³/mol. The molecule has 0 aliphatic heterocycles. The number of benzene rings is 1. The highest BCUT2D eigenvalue weighted by Crippen LogP contribution is 2.29. The summed E-state index contributed by atoms with van der Waals surface area (Å²) in [5, 5.41) is 8.73. The molecule has 1 N–H and O–H groups in total. The van der Waals surface area contributed by atoms with Crippen molar-refractivity contribution in [3.05, 3.63) is 75.4 Å². The van der Waals surface area contributed by atoms with Crippen LogP contribution in [0, 0.1) is 0 Å². The maximum atomic E-state index is 12.5. The molecule has 0 aliphatic carbocycles. The summed E-state index contributed by atoms with van der Waals surface area (Å²) in [6, 6.07) is 10.7. The number of hydrogen-bond acceptors (Lipinski definition) is 4. The van der Waals surface area contributed by atoms with Gasteiger partial charge >= 0.3 is 6.18 Å². The summed E-state index contributed by atoms with van der Waals surface area (Å²) in [6.07, 6.45) is -4.45. The Morgan fingerprint density at radius 3 is 2.48 bits per heavy atom. The molecule has 0 fully saturated rings. The second kappa shape index (κ2) is 7.75. The lowest BCUT2D eigenvalue weighted by atomic mass is 10.1. The van der Waals surface area contributed by atoms with Gasteiger partial charge in [-0.3, -0.25) is 9.59 Å². The van der Waals surface area contributed by atoms with Crippen LogP contribution in [0.5, 0.6) is 0 Å². The molecule has 0 saturated heterocycles. The van der Waals surface area contributed by atoms with Crippen LogP contribution in [0.1, 0.15) is 15.9 Å². The van der Waals surface area contributed by atoms with E-state index in [9.17, 15) is 22.8 Å². The minimum atomic E-state index is -4.45. The number of halogens is 3. The SMILES string of the molecule is O=C(NCCn1nc(-c2cccs2)ccc1=O)c1ccc(C(F)(F)F)cc1. The van der Waals surface area contributed by atoms with Crippen LogP contribution in [0.3, 0.4) is 0 Å². The number of nitrogens with zero attached hydrogens (tertiary/aromatic N) is 2. The van der Waals surface area contributed by atoms with Gasteiger partial charge < -0.3 is 5.32 Å². The van der Waals surface area contributed by atoms with Gasteiger partial charge in [-0.25, -0.2) is 4.68 Å². The molecule has 0 saturated carbocycles. The van der Waals surface area contributed by atoms with Crippen LogP contribution in [-0.2, 0) is 12.7 Å². The Balaban J connectivity index is 1.62. The molecule has 0 bridgehead atoms. The van der Waals surface area contributed by atoms with Crippen LogP contribution >= 0.6 is 11.3 Å². The molecule has 5 nitrogen and oxygen atoms in total. The molecule has 1 amide bonds. The number of amides is 1. The number of carbonyl (C=O) groups is 1. The highest BCUT2D eigenvalue weighted by atomic mass is 32.1. The third kappa shape index (κ3) is 4.62. The summed E-state index contributed by atoms with van der Waals surface area (Å²) in [7, 11) is 0. The van der Waals surface area contributed by atoms with Crippen molar-refractivity contribution in [2.75, 3.05) is 6.54 Å². The van der Waals surface area contributed by atoms with Gasteiger partial charge in [0.25, 0.3) is 11.5 Å². The van der Waals surface area contributed by atoms with Crippen LogP contribution in [0.2, 0.25) is 0 Å². The van der Waals surface area contributed by atoms with Crippen molar-refractivity contribution in [2.24, 2.45) is 0 Å². The highest BCUT2D eigenvalue weighted by molar-refractivity contribution is 7.13. The van der Waals surface area contributed by atoms with Gasteiger partial charge in [-0.1, -0.05) is 6.07 Å². The van der Waals surface area contributed by atoms with E-state index in [-0.39, 0.29) is 24.2 Å². The van der Waals surface area contributed by atoms with E-state index in [1.165, 1.54) is 22.1 Å². The quantitative estimate of drug-likeness (QED) is 0.723. The minimum absolute atomic E-state index is 0.107. The monoisotopic (exact) mass is 393 g/mol. The minimum Gasteiger partial charge on any atom is -0.350 e. The summed E-state index contributed by atoms with van der Waals surface area (Å²) in [6.45, 7) is 0.255. The van der Waals surface area contributed by atoms with Crippen molar-refractivity contribution < 1.29 is 18.0 Å². The molecule has 0 atom stereocenters. The third-order valence-electron chi connectivity index (χ3n) is 3.72. The van der Waals surface area contributed by atoms with Gasteiger partial charge in [0.2, 0.25) is 0 Å². The predicted octanol–water partition coefficient (Wildman–Crippen LogP) is 3.42. The van der Waals surface area contributed by atoms with Crippen LogP contribution in [0.4, 0.5) is 13.2 Å². The van der Waals surface area contributed by atoms with Crippen LogP contribution in [0.25, 0.3) is 10.6 Å². The zero-order valence-corrected chi connectivity index (χ0v) is 14.7. The first-order valence-electron chi connectivity index (χ1n) is 7.92. The van der Waals surface area contributed by atoms with Crippen LogP contribution in [-0.4, -0.2) is 22.2 Å². The average Bonchev–Trinajstić information content (AvgIpc) is 3.17. The summed E-state index contributed by atoms with van der Waals surface area (Å²) < 4.78 is 38.9. The van der Waals surface area contributed by atoms with Gasteiger partial charge in [0.1, 0.15) is 5.69 Å². The van der Waals surface area contributed by atoms with Gasteiger partial charge in [0, 0.05) is 18.2 Å². The van der Waals surface area contributed by atoms with Crippen molar-refractivity contribution in [1.29, 1.82) is 0 Å². The maximum Gasteiger partial charge on any atom is 0.416 e. The molecular formula is C18H14F3N3O2S. The second-order valence-electron chi connectivity index (χ2n) is 5.59. The number of hydrogen-bond donors (Lipinski definition) is 1. The topological polar surface area (TPSA) is 64.0 Å². The molecule has 140 valence electrons. The molecule has 3 rings (SSSR count). The molecular weight excluding hydrogens is 379 g/mol. The van der Waals surface area contributed by atoms with E-state index >= 15 is 0 Å². The molecule has 2 aromatic heterocycles. The molecule has 3 aromatic rings. The fourth-order valence-electron chi connectivity index (χ4n) is 2.35. The van der Waals surface area contributed by atoms with E-state index in [4.69, 9.17) is 0 Å². The van der Waals surface area contributed by atoms with E-state index in [0.717, 1.165) is 29.1 Å². The third-order valence-corrected chi connectivity index (χ3v) is 4.62. The normalized spacial score (nSPS) is 11.4. The Labute approximate surface area is 156 Å². The van der Waals surface area contributed by atoms with E-state index in [0.29, 0.717) is 5.69 Å². The number of aromatic nitrogens is 2. The van der Waals surface area contributed by atoms with E-state index in [1.807, 2.05) is 17.5 Å². The van der Waals surface area contributed by atoms with Gasteiger partial charge in [-0.2, -0.15) is 18.3 Å². The highest BCUT2D eigenvalue weighted by Gasteiger charge is 2.30. The van der Waals surface area contributed by atoms with E-state index < -0.39 is 17.6 Å². The molecule has 0 aliphatic rings. The Morgan fingerprint density at radius 1 is 1.11 bits per heavy atom. The Bertz CT molecular complexity index is 980. The van der Waals surface area contributed by atoms with Gasteiger partial charge in [0.15, 0.2) is 0 Å². The zero-order valence-electron chi connectivity index (χ0n) is 13.9. The van der Waals surface area contributed by atoms with Crippen molar-refractivity contribution in [2.45, 2.75) is 12.7 Å². The molecule has 0 radical (unpaired) electrons. The molecule has 0 unspecified atom stereocenters. The maximum absolute atomic E-state index is 12.5. The largest absolute Gasteiger partial charge is 0.416 e. The standard InChI is InChI=1S/C18H14F3N3O2S/c19-18(20,21)13-5-3-12(4-6-13)17(26)22-9-10-24-16(25)8-7-14(23-24)15-2-1-11-27-15/h1-8,11H,9-10H2,(H,22,26). The number of rotatable bonds is 5. The van der Waals surface area contributed by atoms with Crippen molar-refractivity contribution >= 4 is 17.2 Å². The van der Waals surface area contributed by atoms with Gasteiger partial charge in [-0.15, -0.1) is 11.3 Å². The number of carbonyl (C=O) groups excluding carboxylic acids is 1. The fourth-order valence-corrected chi connectivity index (χ4v) is 3.04. The summed E-state index contributed by atoms with van der Waals surface area (Å²) in [5.74, 6) is -0.522. The van der Waals surface area contributed by atoms with Gasteiger partial charge in [0.05, 0.1) is 17.0 Å². The summed E-state index contributed by atoms with van der Waals surface area (Å²) >= 11 is 1.49. The van der Waals surface area contributed by atoms with Crippen molar-refractivity contribution in [3.63, 3.8) is 0 Å². The molecule has 27 heavy (non-hydrogen) atoms. The molecule has 1 aromatic carbocycles. The zero-order chi connectivity index (χ0) is 19.4. The summed E-state index contributed by atoms with van der Waals surface area (Å²) in [5.41, 5.74) is -0.367. The second-order valence-corrected chi connectivity index (χ2v) is 6.54. The first-order chi connectivity index (χ1) is 12.8. The lowest BCUT2D eigenvalue weighted by Crippen LogP contribution is -2.31. The summed E-state index contributed by atoms with van der Waals surface area (Å²) in [4.78, 5) is 24.9. The molecule has 9 heteroatoms. The first kappa shape index (κ1) is 18.8. The van der Waals surface area contributed by atoms with Crippen molar-refractivity contribution in [1.82, 2.24) is 15.1 Å². The number of nitrogens with one attached hydrogen (secondary N) is 1. The fraction of sp³-hybridized carbons (Fsp3) is 0.167. The Hall–Kier alpha value is -2.94. The average molecular weight is 393 g/mol. The molecule has 2 heterocycles. The van der Waals surface area contributed by atoms with Crippen LogP contribution < -0.4 is 10.9 Å². The number of alkyl halides is 3. The van der Waals surface area contributed by atoms with E-state index in [1.54, 1.807) is 6.07 Å². The van der Waals surface area contributed by atoms with Gasteiger partial charge in [-0.05, 0) is 41.8 Å². The Kier molecular flexibility index (Phi) is 5.41. The smallest absolute Gasteiger partial charge is 0.350 e. The van der Waals surface area contributed by atoms with E-state index in [2.05, 4.69) is 10.4 Å². The Morgan fingerprint density at radius 2 is 1.85 bits per heavy atom. The van der Waals surface area contributed by atoms with Crippen LogP contribution in [0.15, 0.2) is 58.7 Å². The van der Waals surface area contributed by atoms with Crippen molar-refractivity contribution in [3.8, 4) is 10.6 Å². The molecule has 0 spiro atoms. The lowest BCUT2D eigenvalue weighted by Gasteiger charge is -2.09. The lowest BCUT2D eigenvalue weighted by molar-refractivity contribution is -0.137.